The van der Waals surface area contributed by atoms with Gasteiger partial charge in [0.2, 0.25) is 0 Å². The van der Waals surface area contributed by atoms with Crippen LogP contribution in [0.15, 0.2) is 48.9 Å². The molecule has 2 N–H and O–H groups in total. The van der Waals surface area contributed by atoms with Crippen LogP contribution in [0.3, 0.4) is 0 Å². The molecule has 1 aliphatic rings. The molecule has 0 bridgehead atoms. The number of nitrogens with one attached hydrogen (secondary N) is 1. The molecule has 1 fully saturated rings. The van der Waals surface area contributed by atoms with Gasteiger partial charge in [0, 0.05) is 17.8 Å². The molecule has 2 aromatic carbocycles. The molecule has 1 saturated carbocycles. The summed E-state index contributed by atoms with van der Waals surface area (Å²) < 4.78 is 7.68. The topological polar surface area (TPSA) is 72.2 Å². The minimum atomic E-state index is -0.850. The predicted molar refractivity (Wildman–Crippen MR) is 125 cm³/mol. The molecule has 160 valence electrons. The van der Waals surface area contributed by atoms with Crippen LogP contribution < -0.4 is 10.1 Å². The second kappa shape index (κ2) is 7.54. The first-order valence-corrected chi connectivity index (χ1v) is 10.9. The largest absolute Gasteiger partial charge is 0.494 e. The van der Waals surface area contributed by atoms with Crippen molar-refractivity contribution in [3.8, 4) is 16.9 Å². The van der Waals surface area contributed by atoms with Crippen LogP contribution in [-0.2, 0) is 6.54 Å². The number of aromatic nitrogens is 3. The zero-order chi connectivity index (χ0) is 21.6. The van der Waals surface area contributed by atoms with Crippen molar-refractivity contribution in [2.45, 2.75) is 51.8 Å². The van der Waals surface area contributed by atoms with Crippen LogP contribution in [0.5, 0.6) is 5.75 Å². The molecule has 2 aromatic heterocycles. The summed E-state index contributed by atoms with van der Waals surface area (Å²) in [5.41, 5.74) is 2.16. The lowest BCUT2D eigenvalue weighted by Gasteiger charge is -2.18. The summed E-state index contributed by atoms with van der Waals surface area (Å²) in [6, 6.07) is 13.1. The van der Waals surface area contributed by atoms with Crippen LogP contribution in [0.4, 0.5) is 5.82 Å². The Morgan fingerprint density at radius 2 is 1.90 bits per heavy atom. The van der Waals surface area contributed by atoms with Crippen molar-refractivity contribution in [3.63, 3.8) is 0 Å². The number of ether oxygens (including phenoxy) is 1. The second-order valence-electron chi connectivity index (χ2n) is 8.98. The third-order valence-corrected chi connectivity index (χ3v) is 5.56. The molecule has 6 nitrogen and oxygen atoms in total. The van der Waals surface area contributed by atoms with E-state index in [4.69, 9.17) is 4.74 Å². The van der Waals surface area contributed by atoms with Gasteiger partial charge in [-0.2, -0.15) is 0 Å². The third-order valence-electron chi connectivity index (χ3n) is 5.56. The normalized spacial score (nSPS) is 14.3. The van der Waals surface area contributed by atoms with E-state index in [1.807, 2.05) is 31.4 Å². The molecule has 0 unspecified atom stereocenters. The first-order valence-electron chi connectivity index (χ1n) is 10.9. The molecule has 0 aliphatic heterocycles. The van der Waals surface area contributed by atoms with Gasteiger partial charge in [0.15, 0.2) is 0 Å². The van der Waals surface area contributed by atoms with E-state index >= 15 is 0 Å². The fourth-order valence-corrected chi connectivity index (χ4v) is 4.06. The standard InChI is InChI=1S/C25H28N4O2/c1-4-31-20-10-7-16-11-18(6-5-17(16)12-20)21-13-29(14-25(2,3)30)24-22(21)23(26-15-27-24)28-19-8-9-19/h5-7,10-13,15,19,30H,4,8-9,14H2,1-3H3,(H,26,27,28). The maximum Gasteiger partial charge on any atom is 0.146 e. The summed E-state index contributed by atoms with van der Waals surface area (Å²) in [5, 5.41) is 17.3. The highest BCUT2D eigenvalue weighted by Gasteiger charge is 2.25. The van der Waals surface area contributed by atoms with Gasteiger partial charge in [0.05, 0.1) is 24.1 Å². The summed E-state index contributed by atoms with van der Waals surface area (Å²) in [4.78, 5) is 9.14. The van der Waals surface area contributed by atoms with Crippen LogP contribution in [0, 0.1) is 0 Å². The Balaban J connectivity index is 1.66. The molecular formula is C25H28N4O2. The Labute approximate surface area is 181 Å². The fourth-order valence-electron chi connectivity index (χ4n) is 4.06. The number of benzene rings is 2. The molecule has 0 spiro atoms. The van der Waals surface area contributed by atoms with Gasteiger partial charge in [-0.3, -0.25) is 0 Å². The smallest absolute Gasteiger partial charge is 0.146 e. The first-order chi connectivity index (χ1) is 14.9. The maximum absolute atomic E-state index is 10.5. The van der Waals surface area contributed by atoms with E-state index in [1.165, 1.54) is 12.8 Å². The van der Waals surface area contributed by atoms with E-state index in [0.717, 1.165) is 44.5 Å². The van der Waals surface area contributed by atoms with E-state index in [9.17, 15) is 5.11 Å². The van der Waals surface area contributed by atoms with Gasteiger partial charge < -0.3 is 19.7 Å². The van der Waals surface area contributed by atoms with Crippen LogP contribution in [-0.4, -0.2) is 37.9 Å². The Morgan fingerprint density at radius 1 is 1.13 bits per heavy atom. The maximum atomic E-state index is 10.5. The summed E-state index contributed by atoms with van der Waals surface area (Å²) in [5.74, 6) is 1.75. The Kier molecular flexibility index (Phi) is 4.82. The van der Waals surface area contributed by atoms with Crippen LogP contribution >= 0.6 is 0 Å². The van der Waals surface area contributed by atoms with Crippen molar-refractivity contribution in [2.75, 3.05) is 11.9 Å². The van der Waals surface area contributed by atoms with Gasteiger partial charge in [-0.25, -0.2) is 9.97 Å². The van der Waals surface area contributed by atoms with Gasteiger partial charge >= 0.3 is 0 Å². The quantitative estimate of drug-likeness (QED) is 0.444. The van der Waals surface area contributed by atoms with Crippen LogP contribution in [0.1, 0.15) is 33.6 Å². The molecule has 0 amide bonds. The highest BCUT2D eigenvalue weighted by atomic mass is 16.5. The molecule has 0 atom stereocenters. The van der Waals surface area contributed by atoms with Crippen LogP contribution in [0.2, 0.25) is 0 Å². The minimum Gasteiger partial charge on any atom is -0.494 e. The van der Waals surface area contributed by atoms with Gasteiger partial charge in [0.1, 0.15) is 23.5 Å². The predicted octanol–water partition coefficient (Wildman–Crippen LogP) is 5.00. The van der Waals surface area contributed by atoms with E-state index in [-0.39, 0.29) is 0 Å². The molecule has 6 heteroatoms. The number of nitrogens with zero attached hydrogens (tertiary/aromatic N) is 3. The van der Waals surface area contributed by atoms with Gasteiger partial charge in [-0.05, 0) is 68.1 Å². The first kappa shape index (κ1) is 19.8. The van der Waals surface area contributed by atoms with Crippen molar-refractivity contribution in [2.24, 2.45) is 0 Å². The molecule has 0 radical (unpaired) electrons. The average Bonchev–Trinajstić information content (AvgIpc) is 3.47. The van der Waals surface area contributed by atoms with E-state index in [1.54, 1.807) is 6.33 Å². The lowest BCUT2D eigenvalue weighted by molar-refractivity contribution is 0.0627. The highest BCUT2D eigenvalue weighted by Crippen LogP contribution is 2.37. The summed E-state index contributed by atoms with van der Waals surface area (Å²) in [6.45, 7) is 6.73. The summed E-state index contributed by atoms with van der Waals surface area (Å²) in [7, 11) is 0. The molecular weight excluding hydrogens is 388 g/mol. The number of rotatable bonds is 7. The SMILES string of the molecule is CCOc1ccc2cc(-c3cn(CC(C)(C)O)c4ncnc(NC5CC5)c34)ccc2c1. The number of hydrogen-bond acceptors (Lipinski definition) is 5. The zero-order valence-corrected chi connectivity index (χ0v) is 18.2. The second-order valence-corrected chi connectivity index (χ2v) is 8.98. The van der Waals surface area contributed by atoms with E-state index in [2.05, 4.69) is 51.8 Å². The molecule has 5 rings (SSSR count). The fraction of sp³-hybridized carbons (Fsp3) is 0.360. The Bertz CT molecular complexity index is 1250. The number of fused-ring (bicyclic) bond motifs is 2. The van der Waals surface area contributed by atoms with Crippen LogP contribution in [0.25, 0.3) is 32.9 Å². The van der Waals surface area contributed by atoms with E-state index in [0.29, 0.717) is 19.2 Å². The molecule has 1 aliphatic carbocycles. The third kappa shape index (κ3) is 4.08. The number of aliphatic hydroxyl groups is 1. The van der Waals surface area contributed by atoms with Crippen molar-refractivity contribution in [3.05, 3.63) is 48.9 Å². The van der Waals surface area contributed by atoms with Crippen molar-refractivity contribution in [1.29, 1.82) is 0 Å². The Morgan fingerprint density at radius 3 is 2.65 bits per heavy atom. The molecule has 31 heavy (non-hydrogen) atoms. The molecule has 4 aromatic rings. The monoisotopic (exact) mass is 416 g/mol. The number of anilines is 1. The van der Waals surface area contributed by atoms with Gasteiger partial charge in [-0.1, -0.05) is 18.2 Å². The highest BCUT2D eigenvalue weighted by molar-refractivity contribution is 6.03. The Hall–Kier alpha value is -3.12. The van der Waals surface area contributed by atoms with Gasteiger partial charge in [-0.15, -0.1) is 0 Å². The molecule has 0 saturated heterocycles. The lowest BCUT2D eigenvalue weighted by Crippen LogP contribution is -2.25. The minimum absolute atomic E-state index is 0.453. The molecule has 2 heterocycles. The van der Waals surface area contributed by atoms with Crippen molar-refractivity contribution >= 4 is 27.6 Å². The lowest BCUT2D eigenvalue weighted by atomic mass is 10.0. The summed E-state index contributed by atoms with van der Waals surface area (Å²) in [6.07, 6.45) is 6.03. The average molecular weight is 417 g/mol. The number of hydrogen-bond donors (Lipinski definition) is 2. The van der Waals surface area contributed by atoms with Crippen molar-refractivity contribution < 1.29 is 9.84 Å². The van der Waals surface area contributed by atoms with Gasteiger partial charge in [0.25, 0.3) is 0 Å². The zero-order valence-electron chi connectivity index (χ0n) is 18.2. The van der Waals surface area contributed by atoms with E-state index < -0.39 is 5.60 Å². The van der Waals surface area contributed by atoms with Crippen molar-refractivity contribution in [1.82, 2.24) is 14.5 Å². The summed E-state index contributed by atoms with van der Waals surface area (Å²) >= 11 is 0.